The van der Waals surface area contributed by atoms with Gasteiger partial charge in [-0.1, -0.05) is 13.3 Å². The number of halogens is 3. The van der Waals surface area contributed by atoms with Crippen LogP contribution >= 0.6 is 0 Å². The fraction of sp³-hybridized carbons (Fsp3) is 0.786. The summed E-state index contributed by atoms with van der Waals surface area (Å²) < 4.78 is 40.6. The molecule has 0 aliphatic carbocycles. The van der Waals surface area contributed by atoms with Crippen LogP contribution in [0.4, 0.5) is 13.2 Å². The van der Waals surface area contributed by atoms with E-state index in [1.807, 2.05) is 6.92 Å². The van der Waals surface area contributed by atoms with Gasteiger partial charge in [-0.25, -0.2) is 0 Å². The Kier molecular flexibility index (Phi) is 5.08. The molecule has 1 unspecified atom stereocenters. The van der Waals surface area contributed by atoms with Crippen molar-refractivity contribution in [2.75, 3.05) is 7.05 Å². The summed E-state index contributed by atoms with van der Waals surface area (Å²) in [7, 11) is 1.64. The summed E-state index contributed by atoms with van der Waals surface area (Å²) in [6.07, 6.45) is -1.64. The standard InChI is InChI=1S/C14H21F3N4O/c1-3-4-7-12(22)20(2)9-11-18-19-13-10(14(15,16)17)6-5-8-21(11)13/h10H,3-9H2,1-2H3. The van der Waals surface area contributed by atoms with Crippen molar-refractivity contribution >= 4 is 5.91 Å². The first-order valence-electron chi connectivity index (χ1n) is 7.57. The third kappa shape index (κ3) is 3.59. The number of fused-ring (bicyclic) bond motifs is 1. The van der Waals surface area contributed by atoms with Crippen LogP contribution in [0.5, 0.6) is 0 Å². The number of nitrogens with zero attached hydrogens (tertiary/aromatic N) is 4. The zero-order valence-electron chi connectivity index (χ0n) is 12.9. The van der Waals surface area contributed by atoms with Gasteiger partial charge in [0.15, 0.2) is 5.82 Å². The quantitative estimate of drug-likeness (QED) is 0.839. The second-order valence-electron chi connectivity index (χ2n) is 5.72. The lowest BCUT2D eigenvalue weighted by atomic mass is 9.98. The number of aromatic nitrogens is 3. The van der Waals surface area contributed by atoms with Crippen LogP contribution in [0.2, 0.25) is 0 Å². The van der Waals surface area contributed by atoms with E-state index in [2.05, 4.69) is 10.2 Å². The molecule has 5 nitrogen and oxygen atoms in total. The molecule has 2 rings (SSSR count). The van der Waals surface area contributed by atoms with Crippen LogP contribution in [0.3, 0.4) is 0 Å². The van der Waals surface area contributed by atoms with Gasteiger partial charge in [0.05, 0.1) is 6.54 Å². The minimum absolute atomic E-state index is 0.0249. The van der Waals surface area contributed by atoms with Crippen molar-refractivity contribution in [2.24, 2.45) is 0 Å². The minimum Gasteiger partial charge on any atom is -0.338 e. The first-order chi connectivity index (χ1) is 10.3. The molecule has 8 heteroatoms. The predicted octanol–water partition coefficient (Wildman–Crippen LogP) is 2.87. The Morgan fingerprint density at radius 1 is 1.41 bits per heavy atom. The number of carbonyl (C=O) groups excluding carboxylic acids is 1. The van der Waals surface area contributed by atoms with Crippen molar-refractivity contribution in [3.05, 3.63) is 11.6 Å². The monoisotopic (exact) mass is 318 g/mol. The van der Waals surface area contributed by atoms with Crippen LogP contribution in [-0.4, -0.2) is 38.8 Å². The molecule has 1 atom stereocenters. The maximum absolute atomic E-state index is 13.0. The maximum Gasteiger partial charge on any atom is 0.398 e. The molecule has 1 aromatic heterocycles. The Hall–Kier alpha value is -1.60. The number of amides is 1. The van der Waals surface area contributed by atoms with Gasteiger partial charge < -0.3 is 9.47 Å². The van der Waals surface area contributed by atoms with Crippen LogP contribution in [0.15, 0.2) is 0 Å². The Balaban J connectivity index is 2.11. The molecule has 0 aromatic carbocycles. The Morgan fingerprint density at radius 2 is 2.14 bits per heavy atom. The highest BCUT2D eigenvalue weighted by Crippen LogP contribution is 2.40. The molecule has 1 aromatic rings. The van der Waals surface area contributed by atoms with Crippen LogP contribution in [0, 0.1) is 0 Å². The normalized spacial score (nSPS) is 18.1. The molecule has 0 bridgehead atoms. The highest BCUT2D eigenvalue weighted by molar-refractivity contribution is 5.75. The third-order valence-electron chi connectivity index (χ3n) is 3.99. The average molecular weight is 318 g/mol. The number of hydrogen-bond acceptors (Lipinski definition) is 3. The van der Waals surface area contributed by atoms with E-state index >= 15 is 0 Å². The molecule has 0 saturated carbocycles. The largest absolute Gasteiger partial charge is 0.398 e. The van der Waals surface area contributed by atoms with E-state index in [9.17, 15) is 18.0 Å². The summed E-state index contributed by atoms with van der Waals surface area (Å²) in [5.41, 5.74) is 0. The van der Waals surface area contributed by atoms with E-state index < -0.39 is 12.1 Å². The number of hydrogen-bond donors (Lipinski definition) is 0. The molecule has 2 heterocycles. The van der Waals surface area contributed by atoms with E-state index in [0.717, 1.165) is 12.8 Å². The van der Waals surface area contributed by atoms with Gasteiger partial charge >= 0.3 is 6.18 Å². The summed E-state index contributed by atoms with van der Waals surface area (Å²) in [6.45, 7) is 2.67. The maximum atomic E-state index is 13.0. The topological polar surface area (TPSA) is 51.0 Å². The first-order valence-corrected chi connectivity index (χ1v) is 7.57. The van der Waals surface area contributed by atoms with E-state index in [-0.39, 0.29) is 24.7 Å². The van der Waals surface area contributed by atoms with Gasteiger partial charge in [-0.2, -0.15) is 13.2 Å². The molecular weight excluding hydrogens is 297 g/mol. The summed E-state index contributed by atoms with van der Waals surface area (Å²) in [5.74, 6) is -1.18. The first kappa shape index (κ1) is 16.8. The van der Waals surface area contributed by atoms with Crippen LogP contribution < -0.4 is 0 Å². The molecule has 0 N–H and O–H groups in total. The molecule has 0 fully saturated rings. The molecule has 1 amide bonds. The third-order valence-corrected chi connectivity index (χ3v) is 3.99. The van der Waals surface area contributed by atoms with Crippen molar-refractivity contribution in [3.63, 3.8) is 0 Å². The number of carbonyl (C=O) groups is 1. The lowest BCUT2D eigenvalue weighted by Gasteiger charge is -2.26. The molecule has 0 radical (unpaired) electrons. The highest BCUT2D eigenvalue weighted by atomic mass is 19.4. The lowest BCUT2D eigenvalue weighted by Crippen LogP contribution is -2.31. The second-order valence-corrected chi connectivity index (χ2v) is 5.72. The Labute approximate surface area is 127 Å². The van der Waals surface area contributed by atoms with Crippen molar-refractivity contribution in [3.8, 4) is 0 Å². The fourth-order valence-corrected chi connectivity index (χ4v) is 2.68. The molecule has 0 saturated heterocycles. The van der Waals surface area contributed by atoms with Gasteiger partial charge in [-0.05, 0) is 19.3 Å². The number of rotatable bonds is 5. The van der Waals surface area contributed by atoms with E-state index in [1.165, 1.54) is 9.47 Å². The predicted molar refractivity (Wildman–Crippen MR) is 74.1 cm³/mol. The zero-order valence-corrected chi connectivity index (χ0v) is 12.9. The van der Waals surface area contributed by atoms with Crippen molar-refractivity contribution in [1.29, 1.82) is 0 Å². The smallest absolute Gasteiger partial charge is 0.338 e. The lowest BCUT2D eigenvalue weighted by molar-refractivity contribution is -0.156. The fourth-order valence-electron chi connectivity index (χ4n) is 2.68. The van der Waals surface area contributed by atoms with E-state index in [1.54, 1.807) is 7.05 Å². The van der Waals surface area contributed by atoms with E-state index in [4.69, 9.17) is 0 Å². The zero-order chi connectivity index (χ0) is 16.3. The van der Waals surface area contributed by atoms with Gasteiger partial charge in [-0.15, -0.1) is 10.2 Å². The van der Waals surface area contributed by atoms with Gasteiger partial charge in [0.1, 0.15) is 11.7 Å². The molecule has 0 spiro atoms. The average Bonchev–Trinajstić information content (AvgIpc) is 2.86. The molecule has 1 aliphatic heterocycles. The summed E-state index contributed by atoms with van der Waals surface area (Å²) in [6, 6.07) is 0. The Bertz CT molecular complexity index is 527. The van der Waals surface area contributed by atoms with Crippen molar-refractivity contribution < 1.29 is 18.0 Å². The number of alkyl halides is 3. The van der Waals surface area contributed by atoms with Crippen LogP contribution in [0.1, 0.15) is 56.6 Å². The molecule has 124 valence electrons. The summed E-state index contributed by atoms with van der Waals surface area (Å²) in [4.78, 5) is 13.4. The van der Waals surface area contributed by atoms with Gasteiger partial charge in [0.25, 0.3) is 0 Å². The van der Waals surface area contributed by atoms with Gasteiger partial charge in [-0.3, -0.25) is 4.79 Å². The summed E-state index contributed by atoms with van der Waals surface area (Å²) in [5, 5.41) is 7.62. The SMILES string of the molecule is CCCCC(=O)N(C)Cc1nnc2n1CCCC2C(F)(F)F. The minimum atomic E-state index is -4.30. The molecule has 1 aliphatic rings. The number of unbranched alkanes of at least 4 members (excludes halogenated alkanes) is 1. The highest BCUT2D eigenvalue weighted by Gasteiger charge is 2.45. The van der Waals surface area contributed by atoms with Crippen molar-refractivity contribution in [1.82, 2.24) is 19.7 Å². The van der Waals surface area contributed by atoms with E-state index in [0.29, 0.717) is 25.2 Å². The van der Waals surface area contributed by atoms with Crippen LogP contribution in [-0.2, 0) is 17.9 Å². The van der Waals surface area contributed by atoms with Crippen LogP contribution in [0.25, 0.3) is 0 Å². The Morgan fingerprint density at radius 3 is 2.77 bits per heavy atom. The molecule has 22 heavy (non-hydrogen) atoms. The van der Waals surface area contributed by atoms with Crippen molar-refractivity contribution in [2.45, 2.75) is 64.2 Å². The molecular formula is C14H21F3N4O. The van der Waals surface area contributed by atoms with Gasteiger partial charge in [0, 0.05) is 20.0 Å². The second kappa shape index (κ2) is 6.66. The summed E-state index contributed by atoms with van der Waals surface area (Å²) >= 11 is 0. The van der Waals surface area contributed by atoms with Gasteiger partial charge in [0.2, 0.25) is 5.91 Å².